The van der Waals surface area contributed by atoms with E-state index in [-0.39, 0.29) is 0 Å². The lowest BCUT2D eigenvalue weighted by atomic mass is 10.1. The van der Waals surface area contributed by atoms with Crippen LogP contribution in [0.2, 0.25) is 0 Å². The Kier molecular flexibility index (Phi) is 4.99. The number of benzene rings is 1. The summed E-state index contributed by atoms with van der Waals surface area (Å²) in [5.74, 6) is 1.62. The Labute approximate surface area is 127 Å². The van der Waals surface area contributed by atoms with Gasteiger partial charge in [-0.2, -0.15) is 0 Å². The summed E-state index contributed by atoms with van der Waals surface area (Å²) in [7, 11) is 0. The molecule has 0 radical (unpaired) electrons. The molecule has 1 aromatic carbocycles. The number of anilines is 2. The summed E-state index contributed by atoms with van der Waals surface area (Å²) in [6.07, 6.45) is 3.88. The van der Waals surface area contributed by atoms with Gasteiger partial charge >= 0.3 is 0 Å². The Morgan fingerprint density at radius 1 is 1.14 bits per heavy atom. The first-order valence-corrected chi connectivity index (χ1v) is 7.83. The molecule has 0 aliphatic heterocycles. The van der Waals surface area contributed by atoms with Gasteiger partial charge in [0.05, 0.1) is 5.52 Å². The zero-order chi connectivity index (χ0) is 15.4. The van der Waals surface area contributed by atoms with Crippen molar-refractivity contribution < 1.29 is 0 Å². The fourth-order valence-corrected chi connectivity index (χ4v) is 2.82. The van der Waals surface area contributed by atoms with Crippen LogP contribution in [0.15, 0.2) is 24.5 Å². The summed E-state index contributed by atoms with van der Waals surface area (Å²) in [5.41, 5.74) is 7.53. The molecule has 0 saturated heterocycles. The Hall–Kier alpha value is -1.84. The zero-order valence-corrected chi connectivity index (χ0v) is 13.5. The van der Waals surface area contributed by atoms with E-state index in [0.29, 0.717) is 12.0 Å². The van der Waals surface area contributed by atoms with E-state index in [1.54, 1.807) is 6.33 Å². The van der Waals surface area contributed by atoms with Gasteiger partial charge in [0.2, 0.25) is 0 Å². The molecule has 2 aromatic rings. The van der Waals surface area contributed by atoms with Gasteiger partial charge < -0.3 is 10.6 Å². The van der Waals surface area contributed by atoms with E-state index in [4.69, 9.17) is 5.73 Å². The van der Waals surface area contributed by atoms with Gasteiger partial charge in [0.15, 0.2) is 0 Å². The predicted molar refractivity (Wildman–Crippen MR) is 90.5 cm³/mol. The van der Waals surface area contributed by atoms with Gasteiger partial charge in [-0.05, 0) is 37.0 Å². The van der Waals surface area contributed by atoms with Crippen molar-refractivity contribution in [2.24, 2.45) is 5.92 Å². The maximum Gasteiger partial charge on any atom is 0.140 e. The minimum Gasteiger partial charge on any atom is -0.399 e. The monoisotopic (exact) mass is 286 g/mol. The van der Waals surface area contributed by atoms with Crippen molar-refractivity contribution in [1.29, 1.82) is 0 Å². The Balaban J connectivity index is 2.53. The SMILES string of the molecule is CCC(CC)N(CC(C)C)c1ncnc2cc(N)ccc12. The standard InChI is InChI=1S/C17H26N4/c1-5-14(6-2)21(10-12(3)4)17-15-8-7-13(18)9-16(15)19-11-20-17/h7-9,11-12,14H,5-6,10,18H2,1-4H3. The molecule has 0 aliphatic rings. The molecule has 1 aromatic heterocycles. The normalized spacial score (nSPS) is 11.5. The molecule has 0 fully saturated rings. The van der Waals surface area contributed by atoms with Crippen molar-refractivity contribution in [3.05, 3.63) is 24.5 Å². The largest absolute Gasteiger partial charge is 0.399 e. The van der Waals surface area contributed by atoms with Crippen LogP contribution in [0.1, 0.15) is 40.5 Å². The summed E-state index contributed by atoms with van der Waals surface area (Å²) in [6, 6.07) is 6.38. The van der Waals surface area contributed by atoms with E-state index >= 15 is 0 Å². The molecular weight excluding hydrogens is 260 g/mol. The van der Waals surface area contributed by atoms with E-state index < -0.39 is 0 Å². The number of nitrogens with zero attached hydrogens (tertiary/aromatic N) is 3. The highest BCUT2D eigenvalue weighted by atomic mass is 15.2. The van der Waals surface area contributed by atoms with Crippen LogP contribution >= 0.6 is 0 Å². The highest BCUT2D eigenvalue weighted by Gasteiger charge is 2.20. The molecule has 0 unspecified atom stereocenters. The molecule has 1 heterocycles. The Morgan fingerprint density at radius 2 is 1.86 bits per heavy atom. The van der Waals surface area contributed by atoms with Crippen molar-refractivity contribution in [3.8, 4) is 0 Å². The predicted octanol–water partition coefficient (Wildman–Crippen LogP) is 3.86. The van der Waals surface area contributed by atoms with E-state index in [0.717, 1.165) is 41.8 Å². The van der Waals surface area contributed by atoms with Crippen molar-refractivity contribution in [2.75, 3.05) is 17.2 Å². The summed E-state index contributed by atoms with van der Waals surface area (Å²) in [4.78, 5) is 11.4. The van der Waals surface area contributed by atoms with Crippen LogP contribution in [0.4, 0.5) is 11.5 Å². The zero-order valence-electron chi connectivity index (χ0n) is 13.5. The summed E-state index contributed by atoms with van der Waals surface area (Å²) in [6.45, 7) is 9.97. The van der Waals surface area contributed by atoms with Gasteiger partial charge in [0.25, 0.3) is 0 Å². The summed E-state index contributed by atoms with van der Waals surface area (Å²) < 4.78 is 0. The van der Waals surface area contributed by atoms with Crippen molar-refractivity contribution in [2.45, 2.75) is 46.6 Å². The van der Waals surface area contributed by atoms with E-state index in [1.807, 2.05) is 18.2 Å². The first-order valence-electron chi connectivity index (χ1n) is 7.83. The van der Waals surface area contributed by atoms with Crippen molar-refractivity contribution >= 4 is 22.4 Å². The summed E-state index contributed by atoms with van der Waals surface area (Å²) >= 11 is 0. The number of hydrogen-bond acceptors (Lipinski definition) is 4. The third-order valence-electron chi connectivity index (χ3n) is 3.86. The minimum absolute atomic E-state index is 0.503. The number of nitrogen functional groups attached to an aromatic ring is 1. The van der Waals surface area contributed by atoms with Crippen molar-refractivity contribution in [3.63, 3.8) is 0 Å². The van der Waals surface area contributed by atoms with Crippen LogP contribution in [0.5, 0.6) is 0 Å². The van der Waals surface area contributed by atoms with Gasteiger partial charge in [-0.3, -0.25) is 0 Å². The lowest BCUT2D eigenvalue weighted by Crippen LogP contribution is -2.38. The molecule has 0 atom stereocenters. The van der Waals surface area contributed by atoms with Crippen LogP contribution in [0.3, 0.4) is 0 Å². The molecule has 0 aliphatic carbocycles. The lowest BCUT2D eigenvalue weighted by Gasteiger charge is -2.33. The third kappa shape index (κ3) is 3.43. The minimum atomic E-state index is 0.503. The molecule has 114 valence electrons. The molecular formula is C17H26N4. The number of nitrogens with two attached hydrogens (primary N) is 1. The maximum atomic E-state index is 5.87. The maximum absolute atomic E-state index is 5.87. The lowest BCUT2D eigenvalue weighted by molar-refractivity contribution is 0.504. The second kappa shape index (κ2) is 6.74. The molecule has 2 N–H and O–H groups in total. The van der Waals surface area contributed by atoms with Crippen LogP contribution in [-0.4, -0.2) is 22.6 Å². The highest BCUT2D eigenvalue weighted by molar-refractivity contribution is 5.91. The number of aromatic nitrogens is 2. The van der Waals surface area contributed by atoms with Crippen LogP contribution < -0.4 is 10.6 Å². The van der Waals surface area contributed by atoms with Crippen LogP contribution in [0.25, 0.3) is 10.9 Å². The molecule has 4 nitrogen and oxygen atoms in total. The van der Waals surface area contributed by atoms with Gasteiger partial charge in [-0.25, -0.2) is 9.97 Å². The molecule has 4 heteroatoms. The Morgan fingerprint density at radius 3 is 2.48 bits per heavy atom. The number of hydrogen-bond donors (Lipinski definition) is 1. The second-order valence-electron chi connectivity index (χ2n) is 5.99. The van der Waals surface area contributed by atoms with E-state index in [1.165, 1.54) is 0 Å². The average molecular weight is 286 g/mol. The number of rotatable bonds is 6. The molecule has 2 rings (SSSR count). The first kappa shape index (κ1) is 15.5. The van der Waals surface area contributed by atoms with E-state index in [9.17, 15) is 0 Å². The first-order chi connectivity index (χ1) is 10.1. The fraction of sp³-hybridized carbons (Fsp3) is 0.529. The molecule has 0 bridgehead atoms. The topological polar surface area (TPSA) is 55.0 Å². The second-order valence-corrected chi connectivity index (χ2v) is 5.99. The van der Waals surface area contributed by atoms with Gasteiger partial charge in [-0.1, -0.05) is 27.7 Å². The quantitative estimate of drug-likeness (QED) is 0.819. The highest BCUT2D eigenvalue weighted by Crippen LogP contribution is 2.28. The van der Waals surface area contributed by atoms with Crippen LogP contribution in [-0.2, 0) is 0 Å². The van der Waals surface area contributed by atoms with E-state index in [2.05, 4.69) is 42.6 Å². The smallest absolute Gasteiger partial charge is 0.140 e. The molecule has 0 amide bonds. The molecule has 0 saturated carbocycles. The summed E-state index contributed by atoms with van der Waals surface area (Å²) in [5, 5.41) is 1.08. The third-order valence-corrected chi connectivity index (χ3v) is 3.86. The van der Waals surface area contributed by atoms with Gasteiger partial charge in [-0.15, -0.1) is 0 Å². The molecule has 0 spiro atoms. The Bertz CT molecular complexity index is 590. The fourth-order valence-electron chi connectivity index (χ4n) is 2.82. The van der Waals surface area contributed by atoms with Gasteiger partial charge in [0, 0.05) is 23.7 Å². The van der Waals surface area contributed by atoms with Gasteiger partial charge in [0.1, 0.15) is 12.1 Å². The van der Waals surface area contributed by atoms with Crippen molar-refractivity contribution in [1.82, 2.24) is 9.97 Å². The molecule has 21 heavy (non-hydrogen) atoms. The van der Waals surface area contributed by atoms with Crippen LogP contribution in [0, 0.1) is 5.92 Å². The number of fused-ring (bicyclic) bond motifs is 1. The average Bonchev–Trinajstić information content (AvgIpc) is 2.46.